The van der Waals surface area contributed by atoms with Crippen LogP contribution in [-0.4, -0.2) is 14.4 Å². The summed E-state index contributed by atoms with van der Waals surface area (Å²) in [7, 11) is 0. The summed E-state index contributed by atoms with van der Waals surface area (Å²) in [5, 5.41) is 7.55. The number of aromatic nitrogens is 3. The molecule has 0 aliphatic heterocycles. The molecule has 41 heavy (non-hydrogen) atoms. The van der Waals surface area contributed by atoms with Crippen LogP contribution in [0.1, 0.15) is 0 Å². The lowest BCUT2D eigenvalue weighted by atomic mass is 9.91. The van der Waals surface area contributed by atoms with Gasteiger partial charge in [0, 0.05) is 11.8 Å². The molecule has 0 saturated carbocycles. The number of benzene rings is 6. The van der Waals surface area contributed by atoms with Gasteiger partial charge < -0.3 is 0 Å². The van der Waals surface area contributed by atoms with E-state index in [1.165, 1.54) is 36.7 Å². The van der Waals surface area contributed by atoms with Crippen molar-refractivity contribution in [2.24, 2.45) is 0 Å². The maximum atomic E-state index is 13.0. The number of pyridine rings is 1. The first-order valence-corrected chi connectivity index (χ1v) is 13.6. The summed E-state index contributed by atoms with van der Waals surface area (Å²) in [6.07, 6.45) is 1.82. The molecule has 0 radical (unpaired) electrons. The van der Waals surface area contributed by atoms with Gasteiger partial charge in [-0.05, 0) is 78.8 Å². The van der Waals surface area contributed by atoms with Gasteiger partial charge in [-0.2, -0.15) is 4.98 Å². The maximum Gasteiger partial charge on any atom is 0.355 e. The van der Waals surface area contributed by atoms with E-state index in [1.807, 2.05) is 48.7 Å². The minimum absolute atomic E-state index is 0.347. The second kappa shape index (κ2) is 9.25. The van der Waals surface area contributed by atoms with Gasteiger partial charge in [-0.1, -0.05) is 109 Å². The number of hydrogen-bond donors (Lipinski definition) is 0. The highest BCUT2D eigenvalue weighted by Crippen LogP contribution is 2.37. The summed E-state index contributed by atoms with van der Waals surface area (Å²) in [6.45, 7) is 0. The molecule has 2 heterocycles. The largest absolute Gasteiger partial charge is 0.355 e. The highest BCUT2D eigenvalue weighted by atomic mass is 16.1. The fraction of sp³-hybridized carbons (Fsp3) is 0. The fourth-order valence-electron chi connectivity index (χ4n) is 5.87. The Morgan fingerprint density at radius 1 is 0.415 bits per heavy atom. The molecular formula is C37H23N3O. The van der Waals surface area contributed by atoms with E-state index in [1.54, 1.807) is 0 Å². The van der Waals surface area contributed by atoms with Gasteiger partial charge in [-0.25, -0.2) is 9.78 Å². The minimum atomic E-state index is -0.347. The third kappa shape index (κ3) is 3.88. The van der Waals surface area contributed by atoms with Crippen LogP contribution in [0.25, 0.3) is 71.6 Å². The van der Waals surface area contributed by atoms with Gasteiger partial charge in [0.2, 0.25) is 0 Å². The van der Waals surface area contributed by atoms with E-state index in [0.29, 0.717) is 11.5 Å². The van der Waals surface area contributed by atoms with E-state index in [-0.39, 0.29) is 5.69 Å². The molecule has 0 atom stereocenters. The lowest BCUT2D eigenvalue weighted by molar-refractivity contribution is 0.949. The molecule has 0 bridgehead atoms. The second-order valence-electron chi connectivity index (χ2n) is 10.3. The zero-order valence-corrected chi connectivity index (χ0v) is 22.0. The Labute approximate surface area is 235 Å². The summed E-state index contributed by atoms with van der Waals surface area (Å²) >= 11 is 0. The summed E-state index contributed by atoms with van der Waals surface area (Å²) in [6, 6.07) is 45.9. The summed E-state index contributed by atoms with van der Waals surface area (Å²) in [5.41, 5.74) is 5.25. The first-order valence-electron chi connectivity index (χ1n) is 13.6. The summed E-state index contributed by atoms with van der Waals surface area (Å²) in [4.78, 5) is 21.9. The first kappa shape index (κ1) is 23.3. The molecule has 4 nitrogen and oxygen atoms in total. The molecule has 8 aromatic rings. The highest BCUT2D eigenvalue weighted by molar-refractivity contribution is 6.25. The maximum absolute atomic E-state index is 13.0. The van der Waals surface area contributed by atoms with Gasteiger partial charge >= 0.3 is 5.69 Å². The Kier molecular flexibility index (Phi) is 5.25. The molecule has 0 unspecified atom stereocenters. The quantitative estimate of drug-likeness (QED) is 0.217. The van der Waals surface area contributed by atoms with Crippen LogP contribution in [-0.2, 0) is 0 Å². The smallest absolute Gasteiger partial charge is 0.251 e. The number of hydrogen-bond acceptors (Lipinski definition) is 3. The average Bonchev–Trinajstić information content (AvgIpc) is 3.05. The molecule has 0 spiro atoms. The molecular weight excluding hydrogens is 502 g/mol. The van der Waals surface area contributed by atoms with Crippen LogP contribution in [0.3, 0.4) is 0 Å². The predicted molar refractivity (Wildman–Crippen MR) is 168 cm³/mol. The Hall–Kier alpha value is -5.61. The third-order valence-electron chi connectivity index (χ3n) is 7.86. The van der Waals surface area contributed by atoms with Crippen LogP contribution in [0.2, 0.25) is 0 Å². The Morgan fingerprint density at radius 3 is 1.66 bits per heavy atom. The number of fused-ring (bicyclic) bond motifs is 7. The van der Waals surface area contributed by atoms with Gasteiger partial charge in [-0.15, -0.1) is 0 Å². The summed E-state index contributed by atoms with van der Waals surface area (Å²) in [5.74, 6) is 0.432. The zero-order valence-electron chi connectivity index (χ0n) is 22.0. The molecule has 2 aromatic heterocycles. The van der Waals surface area contributed by atoms with Gasteiger partial charge in [-0.3, -0.25) is 4.40 Å². The SMILES string of the molecule is O=c1nc(-c2ccccc2)nc2ccc(-c3cccc(-c4ccc5c6ccccc6c6ccccc6c5c4)c3)cn12. The van der Waals surface area contributed by atoms with Crippen LogP contribution in [0, 0.1) is 0 Å². The molecule has 0 aliphatic carbocycles. The van der Waals surface area contributed by atoms with Crippen molar-refractivity contribution >= 4 is 38.0 Å². The highest BCUT2D eigenvalue weighted by Gasteiger charge is 2.11. The van der Waals surface area contributed by atoms with E-state index < -0.39 is 0 Å². The molecule has 192 valence electrons. The van der Waals surface area contributed by atoms with Gasteiger partial charge in [0.25, 0.3) is 0 Å². The van der Waals surface area contributed by atoms with Crippen LogP contribution in [0.15, 0.2) is 144 Å². The Bertz CT molecular complexity index is 2300. The Balaban J connectivity index is 1.24. The third-order valence-corrected chi connectivity index (χ3v) is 7.86. The topological polar surface area (TPSA) is 47.3 Å². The van der Waals surface area contributed by atoms with Gasteiger partial charge in [0.15, 0.2) is 5.82 Å². The molecule has 0 aliphatic rings. The van der Waals surface area contributed by atoms with Crippen LogP contribution >= 0.6 is 0 Å². The van der Waals surface area contributed by atoms with Crippen molar-refractivity contribution in [1.82, 2.24) is 14.4 Å². The predicted octanol–water partition coefficient (Wildman–Crippen LogP) is 8.55. The molecule has 6 aromatic carbocycles. The molecule has 0 amide bonds. The van der Waals surface area contributed by atoms with E-state index in [9.17, 15) is 4.79 Å². The lowest BCUT2D eigenvalue weighted by Gasteiger charge is -2.13. The molecule has 4 heteroatoms. The van der Waals surface area contributed by atoms with Crippen LogP contribution in [0.4, 0.5) is 0 Å². The Morgan fingerprint density at radius 2 is 0.951 bits per heavy atom. The van der Waals surface area contributed by atoms with Crippen LogP contribution < -0.4 is 5.69 Å². The normalized spacial score (nSPS) is 11.5. The van der Waals surface area contributed by atoms with E-state index in [2.05, 4.69) is 101 Å². The van der Waals surface area contributed by atoms with E-state index in [4.69, 9.17) is 0 Å². The summed E-state index contributed by atoms with van der Waals surface area (Å²) < 4.78 is 1.52. The van der Waals surface area contributed by atoms with Gasteiger partial charge in [0.1, 0.15) is 5.65 Å². The van der Waals surface area contributed by atoms with Crippen molar-refractivity contribution in [1.29, 1.82) is 0 Å². The number of rotatable bonds is 3. The van der Waals surface area contributed by atoms with E-state index >= 15 is 0 Å². The van der Waals surface area contributed by atoms with Crippen molar-refractivity contribution in [3.8, 4) is 33.6 Å². The lowest BCUT2D eigenvalue weighted by Crippen LogP contribution is -2.19. The first-order chi connectivity index (χ1) is 20.2. The van der Waals surface area contributed by atoms with Crippen LogP contribution in [0.5, 0.6) is 0 Å². The van der Waals surface area contributed by atoms with Gasteiger partial charge in [0.05, 0.1) is 0 Å². The van der Waals surface area contributed by atoms with Crippen molar-refractivity contribution < 1.29 is 0 Å². The monoisotopic (exact) mass is 525 g/mol. The molecule has 0 saturated heterocycles. The zero-order chi connectivity index (χ0) is 27.3. The second-order valence-corrected chi connectivity index (χ2v) is 10.3. The van der Waals surface area contributed by atoms with E-state index in [0.717, 1.165) is 27.8 Å². The van der Waals surface area contributed by atoms with Crippen molar-refractivity contribution in [2.45, 2.75) is 0 Å². The minimum Gasteiger partial charge on any atom is -0.251 e. The average molecular weight is 526 g/mol. The standard InChI is InChI=1S/C37H23N3O/c41-37-39-36(24-9-2-1-3-10-24)38-35-20-18-28(23-40(35)37)26-12-8-11-25(21-26)27-17-19-33-31-15-5-4-13-29(31)30-14-6-7-16-32(30)34(33)22-27/h1-23H. The number of nitrogens with zero attached hydrogens (tertiary/aromatic N) is 3. The fourth-order valence-corrected chi connectivity index (χ4v) is 5.87. The van der Waals surface area contributed by atoms with Crippen molar-refractivity contribution in [3.05, 3.63) is 150 Å². The molecule has 8 rings (SSSR count). The van der Waals surface area contributed by atoms with Crippen molar-refractivity contribution in [2.75, 3.05) is 0 Å². The van der Waals surface area contributed by atoms with Crippen molar-refractivity contribution in [3.63, 3.8) is 0 Å². The molecule has 0 fully saturated rings. The molecule has 0 N–H and O–H groups in total.